The first-order valence-corrected chi connectivity index (χ1v) is 7.90. The Bertz CT molecular complexity index is 885. The van der Waals surface area contributed by atoms with E-state index in [-0.39, 0.29) is 12.1 Å². The highest BCUT2D eigenvalue weighted by atomic mass is 16.5. The lowest BCUT2D eigenvalue weighted by molar-refractivity contribution is 0.200. The lowest BCUT2D eigenvalue weighted by atomic mass is 10.2. The van der Waals surface area contributed by atoms with E-state index in [0.29, 0.717) is 29.5 Å². The summed E-state index contributed by atoms with van der Waals surface area (Å²) in [7, 11) is 5.10. The summed E-state index contributed by atoms with van der Waals surface area (Å²) in [5, 5.41) is 7.85. The number of methoxy groups -OCH3 is 1. The molecule has 2 heterocycles. The van der Waals surface area contributed by atoms with Gasteiger partial charge in [0.2, 0.25) is 0 Å². The number of aromatic nitrogens is 3. The van der Waals surface area contributed by atoms with Gasteiger partial charge in [-0.25, -0.2) is 9.78 Å². The highest BCUT2D eigenvalue weighted by Gasteiger charge is 2.19. The second-order valence-electron chi connectivity index (χ2n) is 5.85. The minimum atomic E-state index is -0.286. The van der Waals surface area contributed by atoms with Crippen LogP contribution in [0, 0.1) is 0 Å². The van der Waals surface area contributed by atoms with Crippen molar-refractivity contribution >= 4 is 17.0 Å². The maximum Gasteiger partial charge on any atom is 0.318 e. The molecule has 8 nitrogen and oxygen atoms in total. The lowest BCUT2D eigenvalue weighted by Gasteiger charge is -2.20. The molecule has 0 bridgehead atoms. The van der Waals surface area contributed by atoms with E-state index >= 15 is 0 Å². The number of benzene rings is 1. The second-order valence-corrected chi connectivity index (χ2v) is 5.85. The van der Waals surface area contributed by atoms with Crippen molar-refractivity contribution in [3.05, 3.63) is 42.2 Å². The number of hydrogen-bond donors (Lipinski definition) is 1. The number of urea groups is 1. The molecule has 2 amide bonds. The van der Waals surface area contributed by atoms with Gasteiger partial charge in [-0.15, -0.1) is 0 Å². The molecule has 25 heavy (non-hydrogen) atoms. The first kappa shape index (κ1) is 16.8. The molecule has 1 atom stereocenters. The van der Waals surface area contributed by atoms with Gasteiger partial charge in [0, 0.05) is 19.5 Å². The number of furan rings is 1. The molecule has 3 rings (SSSR count). The zero-order chi connectivity index (χ0) is 18.0. The van der Waals surface area contributed by atoms with Gasteiger partial charge in [0.1, 0.15) is 17.9 Å². The number of aryl methyl sites for hydroxylation is 1. The van der Waals surface area contributed by atoms with Crippen LogP contribution in [-0.2, 0) is 13.6 Å². The summed E-state index contributed by atoms with van der Waals surface area (Å²) in [6.45, 7) is 2.24. The van der Waals surface area contributed by atoms with Crippen molar-refractivity contribution in [3.8, 4) is 5.75 Å². The van der Waals surface area contributed by atoms with Crippen LogP contribution in [0.5, 0.6) is 5.75 Å². The summed E-state index contributed by atoms with van der Waals surface area (Å²) >= 11 is 0. The first-order valence-electron chi connectivity index (χ1n) is 7.90. The summed E-state index contributed by atoms with van der Waals surface area (Å²) in [5.74, 6) is 2.04. The van der Waals surface area contributed by atoms with Crippen molar-refractivity contribution in [1.82, 2.24) is 25.0 Å². The molecule has 132 valence electrons. The number of carbonyl (C=O) groups excluding carboxylic acids is 1. The molecule has 2 aromatic heterocycles. The molecule has 0 saturated heterocycles. The Morgan fingerprint density at radius 3 is 2.96 bits per heavy atom. The number of amides is 2. The molecule has 0 aliphatic carbocycles. The number of nitrogens with zero attached hydrogens (tertiary/aromatic N) is 4. The Labute approximate surface area is 145 Å². The Kier molecular flexibility index (Phi) is 4.60. The first-order chi connectivity index (χ1) is 12.0. The fourth-order valence-electron chi connectivity index (χ4n) is 2.54. The number of para-hydroxylation sites is 1. The maximum atomic E-state index is 12.4. The molecule has 1 aromatic carbocycles. The smallest absolute Gasteiger partial charge is 0.318 e. The van der Waals surface area contributed by atoms with Crippen molar-refractivity contribution < 1.29 is 13.9 Å². The van der Waals surface area contributed by atoms with E-state index in [2.05, 4.69) is 15.4 Å². The van der Waals surface area contributed by atoms with E-state index in [1.807, 2.05) is 31.2 Å². The summed E-state index contributed by atoms with van der Waals surface area (Å²) in [5.41, 5.74) is 0.675. The minimum absolute atomic E-state index is 0.220. The Morgan fingerprint density at radius 1 is 1.48 bits per heavy atom. The van der Waals surface area contributed by atoms with Crippen LogP contribution >= 0.6 is 0 Å². The minimum Gasteiger partial charge on any atom is -0.493 e. The normalized spacial score (nSPS) is 12.2. The van der Waals surface area contributed by atoms with Crippen LogP contribution < -0.4 is 10.1 Å². The number of nitrogens with one attached hydrogen (secondary N) is 1. The largest absolute Gasteiger partial charge is 0.493 e. The SMILES string of the molecule is COc1cccc2cc([C@H](C)NC(=O)N(C)Cc3ncnn3C)oc12. The van der Waals surface area contributed by atoms with Gasteiger partial charge in [-0.05, 0) is 19.1 Å². The lowest BCUT2D eigenvalue weighted by Crippen LogP contribution is -2.38. The van der Waals surface area contributed by atoms with E-state index in [1.54, 1.807) is 30.8 Å². The van der Waals surface area contributed by atoms with Gasteiger partial charge >= 0.3 is 6.03 Å². The number of carbonyl (C=O) groups is 1. The van der Waals surface area contributed by atoms with E-state index in [9.17, 15) is 4.79 Å². The number of rotatable bonds is 5. The van der Waals surface area contributed by atoms with Gasteiger partial charge in [-0.1, -0.05) is 12.1 Å². The van der Waals surface area contributed by atoms with E-state index < -0.39 is 0 Å². The van der Waals surface area contributed by atoms with Crippen LogP contribution in [-0.4, -0.2) is 39.9 Å². The molecular formula is C17H21N5O3. The highest BCUT2D eigenvalue weighted by molar-refractivity contribution is 5.84. The molecule has 8 heteroatoms. The highest BCUT2D eigenvalue weighted by Crippen LogP contribution is 2.30. The van der Waals surface area contributed by atoms with Gasteiger partial charge in [0.05, 0.1) is 19.7 Å². The summed E-state index contributed by atoms with van der Waals surface area (Å²) in [4.78, 5) is 18.1. The molecule has 3 aromatic rings. The maximum absolute atomic E-state index is 12.4. The van der Waals surface area contributed by atoms with E-state index in [4.69, 9.17) is 9.15 Å². The summed E-state index contributed by atoms with van der Waals surface area (Å²) in [6, 6.07) is 7.09. The molecule has 0 spiro atoms. The summed E-state index contributed by atoms with van der Waals surface area (Å²) in [6.07, 6.45) is 1.46. The molecule has 0 radical (unpaired) electrons. The number of ether oxygens (including phenoxy) is 1. The van der Waals surface area contributed by atoms with Gasteiger partial charge in [-0.2, -0.15) is 5.10 Å². The third-order valence-electron chi connectivity index (χ3n) is 4.04. The van der Waals surface area contributed by atoms with Crippen molar-refractivity contribution in [2.45, 2.75) is 19.5 Å². The molecule has 0 unspecified atom stereocenters. The molecule has 0 aliphatic heterocycles. The van der Waals surface area contributed by atoms with E-state index in [1.165, 1.54) is 6.33 Å². The predicted octanol–water partition coefficient (Wildman–Crippen LogP) is 2.47. The van der Waals surface area contributed by atoms with Gasteiger partial charge < -0.3 is 19.4 Å². The third-order valence-corrected chi connectivity index (χ3v) is 4.04. The molecular weight excluding hydrogens is 322 g/mol. The number of fused-ring (bicyclic) bond motifs is 1. The van der Waals surface area contributed by atoms with Crippen molar-refractivity contribution in [3.63, 3.8) is 0 Å². The van der Waals surface area contributed by atoms with E-state index in [0.717, 1.165) is 5.39 Å². The molecule has 1 N–H and O–H groups in total. The topological polar surface area (TPSA) is 85.4 Å². The van der Waals surface area contributed by atoms with Crippen LogP contribution in [0.2, 0.25) is 0 Å². The Morgan fingerprint density at radius 2 is 2.28 bits per heavy atom. The van der Waals surface area contributed by atoms with Crippen molar-refractivity contribution in [1.29, 1.82) is 0 Å². The molecule has 0 saturated carbocycles. The fourth-order valence-corrected chi connectivity index (χ4v) is 2.54. The average molecular weight is 343 g/mol. The second kappa shape index (κ2) is 6.84. The Hall–Kier alpha value is -3.03. The molecule has 0 aliphatic rings. The van der Waals surface area contributed by atoms with Crippen LogP contribution in [0.3, 0.4) is 0 Å². The van der Waals surface area contributed by atoms with Crippen LogP contribution in [0.4, 0.5) is 4.79 Å². The zero-order valence-corrected chi connectivity index (χ0v) is 14.7. The monoisotopic (exact) mass is 343 g/mol. The predicted molar refractivity (Wildman–Crippen MR) is 92.2 cm³/mol. The van der Waals surface area contributed by atoms with Crippen LogP contribution in [0.15, 0.2) is 35.0 Å². The standard InChI is InChI=1S/C17H21N5O3/c1-11(14-8-12-6-5-7-13(24-4)16(12)25-14)20-17(23)21(2)9-15-18-10-19-22(15)3/h5-8,10-11H,9H2,1-4H3,(H,20,23)/t11-/m0/s1. The Balaban J connectivity index is 1.70. The number of hydrogen-bond acceptors (Lipinski definition) is 5. The quantitative estimate of drug-likeness (QED) is 0.769. The fraction of sp³-hybridized carbons (Fsp3) is 0.353. The summed E-state index contributed by atoms with van der Waals surface area (Å²) < 4.78 is 12.8. The third kappa shape index (κ3) is 3.42. The van der Waals surface area contributed by atoms with Gasteiger partial charge in [-0.3, -0.25) is 4.68 Å². The van der Waals surface area contributed by atoms with Gasteiger partial charge in [0.25, 0.3) is 0 Å². The zero-order valence-electron chi connectivity index (χ0n) is 14.7. The van der Waals surface area contributed by atoms with Crippen molar-refractivity contribution in [2.24, 2.45) is 7.05 Å². The van der Waals surface area contributed by atoms with Gasteiger partial charge in [0.15, 0.2) is 11.3 Å². The van der Waals surface area contributed by atoms with Crippen molar-refractivity contribution in [2.75, 3.05) is 14.2 Å². The molecule has 0 fully saturated rings. The van der Waals surface area contributed by atoms with Crippen LogP contribution in [0.25, 0.3) is 11.0 Å². The average Bonchev–Trinajstić information content (AvgIpc) is 3.20. The van der Waals surface area contributed by atoms with Crippen LogP contribution in [0.1, 0.15) is 24.6 Å².